The first-order chi connectivity index (χ1) is 10.9. The number of anilines is 1. The molecule has 1 atom stereocenters. The second-order valence-electron chi connectivity index (χ2n) is 5.73. The molecular weight excluding hydrogens is 298 g/mol. The molecular formula is C16H21N3O4. The highest BCUT2D eigenvalue weighted by Crippen LogP contribution is 2.18. The van der Waals surface area contributed by atoms with Gasteiger partial charge in [0.1, 0.15) is 0 Å². The van der Waals surface area contributed by atoms with Gasteiger partial charge in [-0.05, 0) is 38.0 Å². The largest absolute Gasteiger partial charge is 0.449 e. The number of carbonyl (C=O) groups excluding carboxylic acids is 3. The highest BCUT2D eigenvalue weighted by atomic mass is 16.5. The van der Waals surface area contributed by atoms with Gasteiger partial charge in [0.15, 0.2) is 6.10 Å². The number of benzene rings is 1. The van der Waals surface area contributed by atoms with E-state index in [1.54, 1.807) is 18.2 Å². The molecule has 0 aliphatic heterocycles. The Morgan fingerprint density at radius 2 is 1.96 bits per heavy atom. The van der Waals surface area contributed by atoms with Crippen molar-refractivity contribution in [3.63, 3.8) is 0 Å². The average Bonchev–Trinajstić information content (AvgIpc) is 3.30. The van der Waals surface area contributed by atoms with Crippen molar-refractivity contribution in [3.8, 4) is 0 Å². The molecule has 1 aromatic carbocycles. The first kappa shape index (κ1) is 16.8. The maximum atomic E-state index is 12.1. The SMILES string of the molecule is CC(OC(=O)c1cccc(N(C)C)c1)C(=O)NC(=O)NC1CC1. The van der Waals surface area contributed by atoms with E-state index < -0.39 is 24.0 Å². The maximum absolute atomic E-state index is 12.1. The van der Waals surface area contributed by atoms with Crippen LogP contribution in [-0.2, 0) is 9.53 Å². The van der Waals surface area contributed by atoms with E-state index in [1.165, 1.54) is 6.92 Å². The maximum Gasteiger partial charge on any atom is 0.338 e. The van der Waals surface area contributed by atoms with Crippen molar-refractivity contribution in [3.05, 3.63) is 29.8 Å². The molecule has 0 bridgehead atoms. The fraction of sp³-hybridized carbons (Fsp3) is 0.438. The van der Waals surface area contributed by atoms with Crippen LogP contribution in [0.1, 0.15) is 30.1 Å². The highest BCUT2D eigenvalue weighted by molar-refractivity contribution is 5.98. The lowest BCUT2D eigenvalue weighted by atomic mass is 10.2. The fourth-order valence-electron chi connectivity index (χ4n) is 1.86. The van der Waals surface area contributed by atoms with Crippen molar-refractivity contribution in [2.45, 2.75) is 31.9 Å². The highest BCUT2D eigenvalue weighted by Gasteiger charge is 2.26. The van der Waals surface area contributed by atoms with Gasteiger partial charge in [0.05, 0.1) is 5.56 Å². The smallest absolute Gasteiger partial charge is 0.338 e. The van der Waals surface area contributed by atoms with E-state index in [1.807, 2.05) is 25.1 Å². The molecule has 7 heteroatoms. The first-order valence-corrected chi connectivity index (χ1v) is 7.46. The summed E-state index contributed by atoms with van der Waals surface area (Å²) in [5, 5.41) is 4.79. The topological polar surface area (TPSA) is 87.7 Å². The van der Waals surface area contributed by atoms with Crippen LogP contribution in [0.5, 0.6) is 0 Å². The van der Waals surface area contributed by atoms with E-state index in [4.69, 9.17) is 4.74 Å². The lowest BCUT2D eigenvalue weighted by molar-refractivity contribution is -0.127. The van der Waals surface area contributed by atoms with Crippen molar-refractivity contribution >= 4 is 23.6 Å². The Balaban J connectivity index is 1.89. The lowest BCUT2D eigenvalue weighted by Crippen LogP contribution is -2.45. The summed E-state index contributed by atoms with van der Waals surface area (Å²) in [6.07, 6.45) is 0.790. The molecule has 2 rings (SSSR count). The zero-order chi connectivity index (χ0) is 17.0. The third kappa shape index (κ3) is 4.98. The van der Waals surface area contributed by atoms with Crippen LogP contribution in [0.15, 0.2) is 24.3 Å². The van der Waals surface area contributed by atoms with Crippen LogP contribution < -0.4 is 15.5 Å². The molecule has 1 fully saturated rings. The Labute approximate surface area is 135 Å². The van der Waals surface area contributed by atoms with Gasteiger partial charge >= 0.3 is 12.0 Å². The van der Waals surface area contributed by atoms with Gasteiger partial charge in [-0.1, -0.05) is 6.07 Å². The Bertz CT molecular complexity index is 611. The summed E-state index contributed by atoms with van der Waals surface area (Å²) in [7, 11) is 3.72. The third-order valence-electron chi connectivity index (χ3n) is 3.40. The van der Waals surface area contributed by atoms with Gasteiger partial charge in [0.2, 0.25) is 0 Å². The van der Waals surface area contributed by atoms with E-state index in [9.17, 15) is 14.4 Å². The molecule has 0 spiro atoms. The molecule has 0 aromatic heterocycles. The molecule has 0 radical (unpaired) electrons. The van der Waals surface area contributed by atoms with E-state index in [-0.39, 0.29) is 6.04 Å². The predicted octanol–water partition coefficient (Wildman–Crippen LogP) is 1.29. The minimum absolute atomic E-state index is 0.148. The van der Waals surface area contributed by atoms with E-state index >= 15 is 0 Å². The number of hydrogen-bond donors (Lipinski definition) is 2. The minimum Gasteiger partial charge on any atom is -0.449 e. The molecule has 1 aromatic rings. The van der Waals surface area contributed by atoms with Gasteiger partial charge < -0.3 is 15.0 Å². The average molecular weight is 319 g/mol. The van der Waals surface area contributed by atoms with E-state index in [0.29, 0.717) is 5.56 Å². The number of nitrogens with one attached hydrogen (secondary N) is 2. The summed E-state index contributed by atoms with van der Waals surface area (Å²) in [6, 6.07) is 6.46. The number of imide groups is 1. The number of amides is 3. The Kier molecular flexibility index (Phi) is 5.20. The molecule has 23 heavy (non-hydrogen) atoms. The van der Waals surface area contributed by atoms with Crippen LogP contribution in [0.2, 0.25) is 0 Å². The van der Waals surface area contributed by atoms with Crippen LogP contribution >= 0.6 is 0 Å². The summed E-state index contributed by atoms with van der Waals surface area (Å²) in [4.78, 5) is 37.3. The monoisotopic (exact) mass is 319 g/mol. The summed E-state index contributed by atoms with van der Waals surface area (Å²) in [5.41, 5.74) is 1.19. The number of rotatable bonds is 5. The summed E-state index contributed by atoms with van der Waals surface area (Å²) >= 11 is 0. The normalized spacial score (nSPS) is 14.6. The van der Waals surface area contributed by atoms with Crippen LogP contribution in [0, 0.1) is 0 Å². The number of nitrogens with zero attached hydrogens (tertiary/aromatic N) is 1. The van der Waals surface area contributed by atoms with Gasteiger partial charge in [-0.15, -0.1) is 0 Å². The van der Waals surface area contributed by atoms with Crippen LogP contribution in [0.25, 0.3) is 0 Å². The second-order valence-corrected chi connectivity index (χ2v) is 5.73. The molecule has 7 nitrogen and oxygen atoms in total. The number of ether oxygens (including phenoxy) is 1. The van der Waals surface area contributed by atoms with Gasteiger partial charge in [0.25, 0.3) is 5.91 Å². The standard InChI is InChI=1S/C16H21N3O4/c1-10(14(20)18-16(22)17-12-7-8-12)23-15(21)11-5-4-6-13(9-11)19(2)3/h4-6,9-10,12H,7-8H2,1-3H3,(H2,17,18,20,22). The fourth-order valence-corrected chi connectivity index (χ4v) is 1.86. The Morgan fingerprint density at radius 1 is 1.26 bits per heavy atom. The molecule has 1 saturated carbocycles. The summed E-state index contributed by atoms with van der Waals surface area (Å²) < 4.78 is 5.10. The summed E-state index contributed by atoms with van der Waals surface area (Å²) in [6.45, 7) is 1.42. The van der Waals surface area contributed by atoms with E-state index in [0.717, 1.165) is 18.5 Å². The Morgan fingerprint density at radius 3 is 2.57 bits per heavy atom. The summed E-state index contributed by atoms with van der Waals surface area (Å²) in [5.74, 6) is -1.26. The second kappa shape index (κ2) is 7.13. The zero-order valence-electron chi connectivity index (χ0n) is 13.5. The Hall–Kier alpha value is -2.57. The van der Waals surface area contributed by atoms with Crippen LogP contribution in [0.4, 0.5) is 10.5 Å². The zero-order valence-corrected chi connectivity index (χ0v) is 13.5. The minimum atomic E-state index is -1.06. The molecule has 1 unspecified atom stereocenters. The van der Waals surface area contributed by atoms with Crippen molar-refractivity contribution in [1.29, 1.82) is 0 Å². The van der Waals surface area contributed by atoms with E-state index in [2.05, 4.69) is 10.6 Å². The number of esters is 1. The first-order valence-electron chi connectivity index (χ1n) is 7.46. The quantitative estimate of drug-likeness (QED) is 0.799. The van der Waals surface area contributed by atoms with Gasteiger partial charge in [-0.2, -0.15) is 0 Å². The van der Waals surface area contributed by atoms with Crippen molar-refractivity contribution in [1.82, 2.24) is 10.6 Å². The predicted molar refractivity (Wildman–Crippen MR) is 85.3 cm³/mol. The number of carbonyl (C=O) groups is 3. The van der Waals surface area contributed by atoms with Gasteiger partial charge in [-0.3, -0.25) is 10.1 Å². The van der Waals surface area contributed by atoms with Crippen molar-refractivity contribution < 1.29 is 19.1 Å². The molecule has 1 aliphatic rings. The molecule has 0 saturated heterocycles. The van der Waals surface area contributed by atoms with Crippen molar-refractivity contribution in [2.24, 2.45) is 0 Å². The van der Waals surface area contributed by atoms with Crippen LogP contribution in [0.3, 0.4) is 0 Å². The van der Waals surface area contributed by atoms with Crippen molar-refractivity contribution in [2.75, 3.05) is 19.0 Å². The third-order valence-corrected chi connectivity index (χ3v) is 3.40. The lowest BCUT2D eigenvalue weighted by Gasteiger charge is -2.15. The molecule has 2 N–H and O–H groups in total. The number of hydrogen-bond acceptors (Lipinski definition) is 5. The molecule has 0 heterocycles. The van der Waals surface area contributed by atoms with Crippen LogP contribution in [-0.4, -0.2) is 44.1 Å². The molecule has 124 valence electrons. The molecule has 1 aliphatic carbocycles. The molecule has 3 amide bonds. The number of urea groups is 1. The van der Waals surface area contributed by atoms with Gasteiger partial charge in [0, 0.05) is 25.8 Å². The van der Waals surface area contributed by atoms with Gasteiger partial charge in [-0.25, -0.2) is 9.59 Å².